The van der Waals surface area contributed by atoms with Crippen molar-refractivity contribution in [2.75, 3.05) is 40.0 Å². The molecule has 0 aromatic heterocycles. The zero-order valence-electron chi connectivity index (χ0n) is 11.6. The molecule has 0 saturated carbocycles. The van der Waals surface area contributed by atoms with Gasteiger partial charge in [-0.3, -0.25) is 0 Å². The molecule has 1 N–H and O–H groups in total. The van der Waals surface area contributed by atoms with Crippen LogP contribution in [0.4, 0.5) is 0 Å². The van der Waals surface area contributed by atoms with Gasteiger partial charge in [0.05, 0.1) is 0 Å². The predicted molar refractivity (Wildman–Crippen MR) is 71.2 cm³/mol. The van der Waals surface area contributed by atoms with Crippen LogP contribution in [0, 0.1) is 5.41 Å². The van der Waals surface area contributed by atoms with Gasteiger partial charge in [0, 0.05) is 20.3 Å². The van der Waals surface area contributed by atoms with Crippen LogP contribution in [-0.2, 0) is 4.74 Å². The maximum atomic E-state index is 9.47. The third-order valence-corrected chi connectivity index (χ3v) is 4.32. The van der Waals surface area contributed by atoms with E-state index in [0.717, 1.165) is 25.9 Å². The van der Waals surface area contributed by atoms with E-state index in [1.165, 1.54) is 38.9 Å². The molecule has 1 aliphatic rings. The summed E-state index contributed by atoms with van der Waals surface area (Å²) in [6, 6.07) is 0. The second-order valence-electron chi connectivity index (χ2n) is 5.41. The molecule has 0 unspecified atom stereocenters. The van der Waals surface area contributed by atoms with E-state index in [1.54, 1.807) is 7.11 Å². The first-order chi connectivity index (χ1) is 8.26. The topological polar surface area (TPSA) is 32.7 Å². The highest BCUT2D eigenvalue weighted by Gasteiger charge is 2.31. The van der Waals surface area contributed by atoms with Gasteiger partial charge < -0.3 is 14.7 Å². The van der Waals surface area contributed by atoms with Gasteiger partial charge in [0.25, 0.3) is 0 Å². The lowest BCUT2D eigenvalue weighted by Crippen LogP contribution is -2.42. The summed E-state index contributed by atoms with van der Waals surface area (Å²) < 4.78 is 5.05. The molecule has 0 bridgehead atoms. The Hall–Kier alpha value is -0.120. The van der Waals surface area contributed by atoms with Crippen molar-refractivity contribution in [3.8, 4) is 0 Å². The number of hydrogen-bond acceptors (Lipinski definition) is 3. The van der Waals surface area contributed by atoms with Crippen LogP contribution in [0.25, 0.3) is 0 Å². The van der Waals surface area contributed by atoms with Crippen molar-refractivity contribution < 1.29 is 9.84 Å². The zero-order valence-corrected chi connectivity index (χ0v) is 11.6. The minimum Gasteiger partial charge on any atom is -0.396 e. The molecule has 3 nitrogen and oxygen atoms in total. The van der Waals surface area contributed by atoms with Crippen molar-refractivity contribution >= 4 is 0 Å². The van der Waals surface area contributed by atoms with Crippen LogP contribution in [0.3, 0.4) is 0 Å². The number of nitrogens with zero attached hydrogens (tertiary/aromatic N) is 1. The van der Waals surface area contributed by atoms with Crippen LogP contribution < -0.4 is 0 Å². The van der Waals surface area contributed by atoms with Gasteiger partial charge in [-0.2, -0.15) is 0 Å². The summed E-state index contributed by atoms with van der Waals surface area (Å²) >= 11 is 0. The fraction of sp³-hybridized carbons (Fsp3) is 1.00. The SMILES string of the molecule is CCC1(CO)CCN(CCCCCOC)CC1. The Bertz CT molecular complexity index is 183. The lowest BCUT2D eigenvalue weighted by molar-refractivity contribution is 0.0402. The predicted octanol–water partition coefficient (Wildman–Crippen LogP) is 2.29. The molecule has 1 aliphatic heterocycles. The Kier molecular flexibility index (Phi) is 7.09. The lowest BCUT2D eigenvalue weighted by atomic mass is 9.77. The first kappa shape index (κ1) is 14.9. The number of ether oxygens (including phenoxy) is 1. The average Bonchev–Trinajstić information content (AvgIpc) is 2.39. The van der Waals surface area contributed by atoms with Crippen LogP contribution in [0.2, 0.25) is 0 Å². The van der Waals surface area contributed by atoms with Gasteiger partial charge in [0.1, 0.15) is 0 Å². The Morgan fingerprint density at radius 2 is 1.88 bits per heavy atom. The van der Waals surface area contributed by atoms with Gasteiger partial charge in [-0.25, -0.2) is 0 Å². The molecule has 0 spiro atoms. The Labute approximate surface area is 106 Å². The van der Waals surface area contributed by atoms with E-state index in [-0.39, 0.29) is 5.41 Å². The minimum atomic E-state index is 0.229. The van der Waals surface area contributed by atoms with E-state index in [1.807, 2.05) is 0 Å². The summed E-state index contributed by atoms with van der Waals surface area (Å²) in [7, 11) is 1.77. The monoisotopic (exact) mass is 243 g/mol. The molecule has 0 amide bonds. The largest absolute Gasteiger partial charge is 0.396 e. The average molecular weight is 243 g/mol. The van der Waals surface area contributed by atoms with Gasteiger partial charge in [0.2, 0.25) is 0 Å². The molecular formula is C14H29NO2. The van der Waals surface area contributed by atoms with Gasteiger partial charge >= 0.3 is 0 Å². The number of piperidine rings is 1. The fourth-order valence-corrected chi connectivity index (χ4v) is 2.63. The summed E-state index contributed by atoms with van der Waals surface area (Å²) in [5.74, 6) is 0. The van der Waals surface area contributed by atoms with Crippen LogP contribution in [-0.4, -0.2) is 50.0 Å². The summed E-state index contributed by atoms with van der Waals surface area (Å²) in [6.45, 7) is 7.01. The minimum absolute atomic E-state index is 0.229. The standard InChI is InChI=1S/C14H29NO2/c1-3-14(13-16)7-10-15(11-8-14)9-5-4-6-12-17-2/h16H,3-13H2,1-2H3. The number of aliphatic hydroxyl groups is 1. The zero-order chi connectivity index (χ0) is 12.6. The molecule has 17 heavy (non-hydrogen) atoms. The number of aliphatic hydroxyl groups excluding tert-OH is 1. The fourth-order valence-electron chi connectivity index (χ4n) is 2.63. The Morgan fingerprint density at radius 3 is 2.41 bits per heavy atom. The van der Waals surface area contributed by atoms with Crippen molar-refractivity contribution in [3.05, 3.63) is 0 Å². The quantitative estimate of drug-likeness (QED) is 0.664. The van der Waals surface area contributed by atoms with E-state index < -0.39 is 0 Å². The molecule has 1 fully saturated rings. The molecule has 3 heteroatoms. The number of likely N-dealkylation sites (tertiary alicyclic amines) is 1. The maximum absolute atomic E-state index is 9.47. The smallest absolute Gasteiger partial charge is 0.0488 e. The lowest BCUT2D eigenvalue weighted by Gasteiger charge is -2.40. The second-order valence-corrected chi connectivity index (χ2v) is 5.41. The molecule has 1 rings (SSSR count). The highest BCUT2D eigenvalue weighted by Crippen LogP contribution is 2.34. The van der Waals surface area contributed by atoms with Crippen LogP contribution in [0.5, 0.6) is 0 Å². The third-order valence-electron chi connectivity index (χ3n) is 4.32. The van der Waals surface area contributed by atoms with Crippen molar-refractivity contribution in [3.63, 3.8) is 0 Å². The second kappa shape index (κ2) is 8.06. The molecule has 0 aromatic rings. The molecule has 0 radical (unpaired) electrons. The van der Waals surface area contributed by atoms with Gasteiger partial charge in [-0.15, -0.1) is 0 Å². The van der Waals surface area contributed by atoms with E-state index in [2.05, 4.69) is 11.8 Å². The third kappa shape index (κ3) is 4.94. The van der Waals surface area contributed by atoms with Crippen LogP contribution in [0.1, 0.15) is 45.4 Å². The van der Waals surface area contributed by atoms with E-state index in [0.29, 0.717) is 6.61 Å². The van der Waals surface area contributed by atoms with Crippen molar-refractivity contribution in [1.29, 1.82) is 0 Å². The number of methoxy groups -OCH3 is 1. The maximum Gasteiger partial charge on any atom is 0.0488 e. The van der Waals surface area contributed by atoms with E-state index in [9.17, 15) is 5.11 Å². The van der Waals surface area contributed by atoms with Gasteiger partial charge in [-0.1, -0.05) is 6.92 Å². The molecule has 0 atom stereocenters. The van der Waals surface area contributed by atoms with Crippen LogP contribution >= 0.6 is 0 Å². The summed E-state index contributed by atoms with van der Waals surface area (Å²) in [5.41, 5.74) is 0.229. The number of hydrogen-bond donors (Lipinski definition) is 1. The molecule has 1 saturated heterocycles. The summed E-state index contributed by atoms with van der Waals surface area (Å²) in [4.78, 5) is 2.55. The summed E-state index contributed by atoms with van der Waals surface area (Å²) in [5, 5.41) is 9.47. The highest BCUT2D eigenvalue weighted by atomic mass is 16.5. The van der Waals surface area contributed by atoms with E-state index >= 15 is 0 Å². The van der Waals surface area contributed by atoms with E-state index in [4.69, 9.17) is 4.74 Å². The normalized spacial score (nSPS) is 20.6. The number of rotatable bonds is 8. The molecule has 1 heterocycles. The van der Waals surface area contributed by atoms with Crippen molar-refractivity contribution in [1.82, 2.24) is 4.90 Å². The van der Waals surface area contributed by atoms with Crippen molar-refractivity contribution in [2.45, 2.75) is 45.4 Å². The molecular weight excluding hydrogens is 214 g/mol. The first-order valence-corrected chi connectivity index (χ1v) is 7.08. The number of unbranched alkanes of at least 4 members (excludes halogenated alkanes) is 2. The molecule has 0 aromatic carbocycles. The Balaban J connectivity index is 2.10. The highest BCUT2D eigenvalue weighted by molar-refractivity contribution is 4.84. The van der Waals surface area contributed by atoms with Gasteiger partial charge in [0.15, 0.2) is 0 Å². The first-order valence-electron chi connectivity index (χ1n) is 7.08. The molecule has 0 aliphatic carbocycles. The Morgan fingerprint density at radius 1 is 1.18 bits per heavy atom. The van der Waals surface area contributed by atoms with Crippen LogP contribution in [0.15, 0.2) is 0 Å². The van der Waals surface area contributed by atoms with Gasteiger partial charge in [-0.05, 0) is 63.6 Å². The summed E-state index contributed by atoms with van der Waals surface area (Å²) in [6.07, 6.45) is 7.17. The molecule has 102 valence electrons. The van der Waals surface area contributed by atoms with Crippen molar-refractivity contribution in [2.24, 2.45) is 5.41 Å².